The Bertz CT molecular complexity index is 550. The summed E-state index contributed by atoms with van der Waals surface area (Å²) in [6.07, 6.45) is 2.41. The molecule has 0 spiro atoms. The van der Waals surface area contributed by atoms with Gasteiger partial charge >= 0.3 is 0 Å². The molecule has 0 aromatic carbocycles. The normalized spacial score (nSPS) is 12.4. The van der Waals surface area contributed by atoms with E-state index in [1.54, 1.807) is 13.8 Å². The molecule has 0 bridgehead atoms. The van der Waals surface area contributed by atoms with Crippen LogP contribution in [0.5, 0.6) is 0 Å². The molecule has 0 aliphatic carbocycles. The van der Waals surface area contributed by atoms with Gasteiger partial charge in [0.25, 0.3) is 0 Å². The summed E-state index contributed by atoms with van der Waals surface area (Å²) in [4.78, 5) is 15.3. The smallest absolute Gasteiger partial charge is 0.241 e. The van der Waals surface area contributed by atoms with Gasteiger partial charge < -0.3 is 11.1 Å². The average molecular weight is 290 g/mol. The third kappa shape index (κ3) is 6.15. The first-order valence-electron chi connectivity index (χ1n) is 5.48. The van der Waals surface area contributed by atoms with Crippen LogP contribution in [-0.4, -0.2) is 47.4 Å². The largest absolute Gasteiger partial charge is 0.367 e. The summed E-state index contributed by atoms with van der Waals surface area (Å²) < 4.78 is 26.0. The molecule has 10 heteroatoms. The first kappa shape index (κ1) is 15.4. The van der Waals surface area contributed by atoms with Gasteiger partial charge in [0.05, 0.1) is 6.26 Å². The van der Waals surface area contributed by atoms with E-state index in [2.05, 4.69) is 20.1 Å². The van der Waals surface area contributed by atoms with Gasteiger partial charge in [-0.15, -0.1) is 5.10 Å². The molecule has 0 aliphatic rings. The molecule has 1 amide bonds. The highest BCUT2D eigenvalue weighted by Crippen LogP contribution is 2.01. The van der Waals surface area contributed by atoms with Crippen molar-refractivity contribution in [1.82, 2.24) is 24.8 Å². The van der Waals surface area contributed by atoms with E-state index in [1.165, 1.54) is 11.0 Å². The number of sulfonamides is 1. The van der Waals surface area contributed by atoms with Crippen molar-refractivity contribution >= 4 is 21.9 Å². The zero-order valence-electron chi connectivity index (χ0n) is 11.0. The van der Waals surface area contributed by atoms with E-state index in [0.717, 1.165) is 6.26 Å². The van der Waals surface area contributed by atoms with E-state index in [1.807, 2.05) is 0 Å². The second kappa shape index (κ2) is 5.53. The van der Waals surface area contributed by atoms with Crippen LogP contribution in [0.1, 0.15) is 13.8 Å². The van der Waals surface area contributed by atoms with Gasteiger partial charge in [0.2, 0.25) is 21.9 Å². The Kier molecular flexibility index (Phi) is 4.48. The molecular weight excluding hydrogens is 272 g/mol. The molecule has 0 radical (unpaired) electrons. The minimum atomic E-state index is -3.33. The van der Waals surface area contributed by atoms with Crippen LogP contribution in [0.3, 0.4) is 0 Å². The van der Waals surface area contributed by atoms with Crippen LogP contribution in [0.2, 0.25) is 0 Å². The maximum Gasteiger partial charge on any atom is 0.241 e. The molecule has 1 rings (SSSR count). The first-order valence-corrected chi connectivity index (χ1v) is 7.37. The van der Waals surface area contributed by atoms with E-state index in [9.17, 15) is 13.2 Å². The molecule has 1 aromatic heterocycles. The van der Waals surface area contributed by atoms with Crippen LogP contribution >= 0.6 is 0 Å². The van der Waals surface area contributed by atoms with Gasteiger partial charge in [-0.2, -0.15) is 0 Å². The zero-order valence-corrected chi connectivity index (χ0v) is 11.9. The maximum absolute atomic E-state index is 11.6. The van der Waals surface area contributed by atoms with Gasteiger partial charge in [0, 0.05) is 12.1 Å². The molecule has 1 aromatic rings. The Morgan fingerprint density at radius 1 is 1.53 bits per heavy atom. The summed E-state index contributed by atoms with van der Waals surface area (Å²) in [6, 6.07) is 0. The third-order valence-corrected chi connectivity index (χ3v) is 2.97. The quantitative estimate of drug-likeness (QED) is 0.572. The highest BCUT2D eigenvalue weighted by Gasteiger charge is 2.22. The molecule has 9 nitrogen and oxygen atoms in total. The number of hydrogen-bond acceptors (Lipinski definition) is 6. The summed E-state index contributed by atoms with van der Waals surface area (Å²) in [5.74, 6) is -0.222. The number of anilines is 1. The third-order valence-electron chi connectivity index (χ3n) is 2.05. The van der Waals surface area contributed by atoms with Gasteiger partial charge in [-0.3, -0.25) is 4.79 Å². The number of hydrogen-bond donors (Lipinski definition) is 3. The number of nitrogen functional groups attached to an aromatic ring is 1. The summed E-state index contributed by atoms with van der Waals surface area (Å²) in [6.45, 7) is 3.46. The lowest BCUT2D eigenvalue weighted by Crippen LogP contribution is -2.51. The van der Waals surface area contributed by atoms with Crippen LogP contribution < -0.4 is 15.8 Å². The van der Waals surface area contributed by atoms with E-state index >= 15 is 0 Å². The Morgan fingerprint density at radius 2 is 2.16 bits per heavy atom. The van der Waals surface area contributed by atoms with Crippen molar-refractivity contribution in [1.29, 1.82) is 0 Å². The maximum atomic E-state index is 11.6. The van der Waals surface area contributed by atoms with E-state index in [4.69, 9.17) is 5.73 Å². The first-order chi connectivity index (χ1) is 8.57. The van der Waals surface area contributed by atoms with Gasteiger partial charge in [-0.05, 0) is 13.8 Å². The van der Waals surface area contributed by atoms with Gasteiger partial charge in [0.1, 0.15) is 12.9 Å². The van der Waals surface area contributed by atoms with Crippen molar-refractivity contribution in [3.8, 4) is 0 Å². The summed E-state index contributed by atoms with van der Waals surface area (Å²) in [5.41, 5.74) is 4.54. The Balaban J connectivity index is 2.45. The van der Waals surface area contributed by atoms with Crippen LogP contribution in [0.4, 0.5) is 5.95 Å². The number of amides is 1. The fourth-order valence-corrected chi connectivity index (χ4v) is 2.52. The van der Waals surface area contributed by atoms with Crippen molar-refractivity contribution in [2.45, 2.75) is 25.9 Å². The molecule has 19 heavy (non-hydrogen) atoms. The number of nitrogens with zero attached hydrogens (tertiary/aromatic N) is 3. The SMILES string of the molecule is CC(C)(CNC(=O)Cn1cnc(N)n1)NS(C)(=O)=O. The fourth-order valence-electron chi connectivity index (χ4n) is 1.45. The van der Waals surface area contributed by atoms with E-state index < -0.39 is 15.6 Å². The Hall–Kier alpha value is -1.68. The van der Waals surface area contributed by atoms with Crippen LogP contribution in [0.15, 0.2) is 6.33 Å². The number of aromatic nitrogens is 3. The summed E-state index contributed by atoms with van der Waals surface area (Å²) in [7, 11) is -3.33. The number of nitrogens with one attached hydrogen (secondary N) is 2. The lowest BCUT2D eigenvalue weighted by atomic mass is 10.1. The molecule has 4 N–H and O–H groups in total. The second-order valence-electron chi connectivity index (χ2n) is 4.84. The molecule has 0 saturated carbocycles. The van der Waals surface area contributed by atoms with Crippen LogP contribution in [-0.2, 0) is 21.4 Å². The Morgan fingerprint density at radius 3 is 2.63 bits per heavy atom. The minimum Gasteiger partial charge on any atom is -0.367 e. The molecular formula is C9H18N6O3S. The van der Waals surface area contributed by atoms with Gasteiger partial charge in [0.15, 0.2) is 0 Å². The molecule has 0 atom stereocenters. The molecule has 0 unspecified atom stereocenters. The Labute approximate surface area is 111 Å². The number of rotatable bonds is 6. The fraction of sp³-hybridized carbons (Fsp3) is 0.667. The van der Waals surface area contributed by atoms with Gasteiger partial charge in [-0.25, -0.2) is 22.8 Å². The summed E-state index contributed by atoms with van der Waals surface area (Å²) in [5, 5.41) is 6.37. The van der Waals surface area contributed by atoms with Crippen LogP contribution in [0, 0.1) is 0 Å². The molecule has 0 aliphatic heterocycles. The van der Waals surface area contributed by atoms with Crippen molar-refractivity contribution in [3.05, 3.63) is 6.33 Å². The van der Waals surface area contributed by atoms with Crippen molar-refractivity contribution < 1.29 is 13.2 Å². The predicted octanol–water partition coefficient (Wildman–Crippen LogP) is -1.70. The van der Waals surface area contributed by atoms with E-state index in [0.29, 0.717) is 0 Å². The molecule has 1 heterocycles. The number of carbonyl (C=O) groups is 1. The zero-order chi connectivity index (χ0) is 14.7. The monoisotopic (exact) mass is 290 g/mol. The molecule has 0 saturated heterocycles. The highest BCUT2D eigenvalue weighted by atomic mass is 32.2. The summed E-state index contributed by atoms with van der Waals surface area (Å²) >= 11 is 0. The lowest BCUT2D eigenvalue weighted by molar-refractivity contribution is -0.122. The van der Waals surface area contributed by atoms with Crippen LogP contribution in [0.25, 0.3) is 0 Å². The molecule has 108 valence electrons. The minimum absolute atomic E-state index is 0.0286. The van der Waals surface area contributed by atoms with Gasteiger partial charge in [-0.1, -0.05) is 0 Å². The van der Waals surface area contributed by atoms with E-state index in [-0.39, 0.29) is 24.9 Å². The van der Waals surface area contributed by atoms with Crippen molar-refractivity contribution in [2.24, 2.45) is 0 Å². The number of carbonyl (C=O) groups excluding carboxylic acids is 1. The average Bonchev–Trinajstić information content (AvgIpc) is 2.57. The highest BCUT2D eigenvalue weighted by molar-refractivity contribution is 7.88. The van der Waals surface area contributed by atoms with Crippen molar-refractivity contribution in [2.75, 3.05) is 18.5 Å². The number of nitrogens with two attached hydrogens (primary N) is 1. The standard InChI is InChI=1S/C9H18N6O3S/c1-9(2,14-19(3,17)18)5-11-7(16)4-15-6-12-8(10)13-15/h6,14H,4-5H2,1-3H3,(H2,10,13)(H,11,16). The lowest BCUT2D eigenvalue weighted by Gasteiger charge is -2.25. The predicted molar refractivity (Wildman–Crippen MR) is 69.5 cm³/mol. The second-order valence-corrected chi connectivity index (χ2v) is 6.58. The topological polar surface area (TPSA) is 132 Å². The van der Waals surface area contributed by atoms with Crippen molar-refractivity contribution in [3.63, 3.8) is 0 Å². The molecule has 0 fully saturated rings.